The van der Waals surface area contributed by atoms with E-state index in [9.17, 15) is 4.79 Å². The SMILES string of the molecule is CCOc1ccc(N2C(=O)[C@H](N)[C@H]2c2ccc(OC)cc2)cc1. The van der Waals surface area contributed by atoms with Gasteiger partial charge in [-0.25, -0.2) is 0 Å². The second-order valence-corrected chi connectivity index (χ2v) is 5.38. The van der Waals surface area contributed by atoms with E-state index < -0.39 is 6.04 Å². The number of benzene rings is 2. The van der Waals surface area contributed by atoms with E-state index in [2.05, 4.69) is 0 Å². The zero-order chi connectivity index (χ0) is 16.4. The van der Waals surface area contributed by atoms with E-state index in [1.165, 1.54) is 0 Å². The van der Waals surface area contributed by atoms with Crippen molar-refractivity contribution in [2.75, 3.05) is 18.6 Å². The average molecular weight is 312 g/mol. The highest BCUT2D eigenvalue weighted by atomic mass is 16.5. The summed E-state index contributed by atoms with van der Waals surface area (Å²) in [4.78, 5) is 13.9. The standard InChI is InChI=1S/C18H20N2O3/c1-3-23-15-10-6-13(7-11-15)20-17(16(19)18(20)21)12-4-8-14(22-2)9-5-12/h4-11,16-17H,3,19H2,1-2H3/t16-,17-/m1/s1. The normalized spacial score (nSPS) is 20.1. The number of carbonyl (C=O) groups excluding carboxylic acids is 1. The van der Waals surface area contributed by atoms with Gasteiger partial charge in [-0.15, -0.1) is 0 Å². The number of rotatable bonds is 5. The van der Waals surface area contributed by atoms with E-state index in [-0.39, 0.29) is 11.9 Å². The van der Waals surface area contributed by atoms with Crippen molar-refractivity contribution in [3.05, 3.63) is 54.1 Å². The number of methoxy groups -OCH3 is 1. The van der Waals surface area contributed by atoms with Gasteiger partial charge in [0.2, 0.25) is 5.91 Å². The van der Waals surface area contributed by atoms with Crippen molar-refractivity contribution in [2.24, 2.45) is 5.73 Å². The Morgan fingerprint density at radius 1 is 1.04 bits per heavy atom. The molecule has 0 aromatic heterocycles. The maximum absolute atomic E-state index is 12.2. The number of ether oxygens (including phenoxy) is 2. The highest BCUT2D eigenvalue weighted by Gasteiger charge is 2.46. The van der Waals surface area contributed by atoms with Crippen LogP contribution < -0.4 is 20.1 Å². The van der Waals surface area contributed by atoms with Crippen LogP contribution in [0.15, 0.2) is 48.5 Å². The van der Waals surface area contributed by atoms with E-state index >= 15 is 0 Å². The number of hydrogen-bond donors (Lipinski definition) is 1. The van der Waals surface area contributed by atoms with E-state index in [0.29, 0.717) is 6.61 Å². The van der Waals surface area contributed by atoms with Gasteiger partial charge in [-0.3, -0.25) is 4.79 Å². The number of nitrogens with two attached hydrogens (primary N) is 1. The Morgan fingerprint density at radius 3 is 2.22 bits per heavy atom. The summed E-state index contributed by atoms with van der Waals surface area (Å²) in [6, 6.07) is 14.4. The molecule has 2 N–H and O–H groups in total. The Morgan fingerprint density at radius 2 is 1.65 bits per heavy atom. The number of carbonyl (C=O) groups is 1. The van der Waals surface area contributed by atoms with Crippen molar-refractivity contribution in [3.63, 3.8) is 0 Å². The van der Waals surface area contributed by atoms with E-state index in [4.69, 9.17) is 15.2 Å². The smallest absolute Gasteiger partial charge is 0.247 e. The largest absolute Gasteiger partial charge is 0.497 e. The minimum atomic E-state index is -0.519. The van der Waals surface area contributed by atoms with Gasteiger partial charge in [0.25, 0.3) is 0 Å². The van der Waals surface area contributed by atoms with Crippen LogP contribution in [-0.2, 0) is 4.79 Å². The predicted octanol–water partition coefficient (Wildman–Crippen LogP) is 2.51. The number of β-lactam (4-membered cyclic amide) rings is 1. The third kappa shape index (κ3) is 2.75. The lowest BCUT2D eigenvalue weighted by atomic mass is 9.88. The molecule has 0 aliphatic carbocycles. The lowest BCUT2D eigenvalue weighted by Gasteiger charge is -2.45. The minimum absolute atomic E-state index is 0.0741. The molecule has 1 saturated heterocycles. The topological polar surface area (TPSA) is 64.8 Å². The van der Waals surface area contributed by atoms with Crippen LogP contribution >= 0.6 is 0 Å². The number of hydrogen-bond acceptors (Lipinski definition) is 4. The summed E-state index contributed by atoms with van der Waals surface area (Å²) in [5.41, 5.74) is 7.84. The average Bonchev–Trinajstić information content (AvgIpc) is 2.60. The molecular weight excluding hydrogens is 292 g/mol. The molecule has 120 valence electrons. The molecule has 0 spiro atoms. The van der Waals surface area contributed by atoms with E-state index in [0.717, 1.165) is 22.7 Å². The maximum atomic E-state index is 12.2. The molecule has 2 atom stereocenters. The Balaban J connectivity index is 1.85. The first kappa shape index (κ1) is 15.4. The van der Waals surface area contributed by atoms with Crippen molar-refractivity contribution in [1.29, 1.82) is 0 Å². The van der Waals surface area contributed by atoms with Crippen molar-refractivity contribution in [1.82, 2.24) is 0 Å². The van der Waals surface area contributed by atoms with Gasteiger partial charge < -0.3 is 20.1 Å². The molecule has 1 fully saturated rings. The van der Waals surface area contributed by atoms with Gasteiger partial charge in [0.05, 0.1) is 19.8 Å². The first-order valence-electron chi connectivity index (χ1n) is 7.61. The van der Waals surface area contributed by atoms with Gasteiger partial charge in [0.15, 0.2) is 0 Å². The van der Waals surface area contributed by atoms with Crippen LogP contribution in [0.4, 0.5) is 5.69 Å². The minimum Gasteiger partial charge on any atom is -0.497 e. The van der Waals surface area contributed by atoms with Crippen LogP contribution in [0.2, 0.25) is 0 Å². The Kier molecular flexibility index (Phi) is 4.21. The van der Waals surface area contributed by atoms with Crippen LogP contribution in [0, 0.1) is 0 Å². The highest BCUT2D eigenvalue weighted by Crippen LogP contribution is 2.39. The molecule has 1 aliphatic rings. The third-order valence-electron chi connectivity index (χ3n) is 4.02. The maximum Gasteiger partial charge on any atom is 0.247 e. The molecule has 3 rings (SSSR count). The quantitative estimate of drug-likeness (QED) is 0.862. The molecule has 0 radical (unpaired) electrons. The van der Waals surface area contributed by atoms with Crippen LogP contribution in [0.5, 0.6) is 11.5 Å². The first-order chi connectivity index (χ1) is 11.2. The summed E-state index contributed by atoms with van der Waals surface area (Å²) in [5, 5.41) is 0. The predicted molar refractivity (Wildman–Crippen MR) is 88.8 cm³/mol. The fourth-order valence-corrected chi connectivity index (χ4v) is 2.83. The summed E-state index contributed by atoms with van der Waals surface area (Å²) < 4.78 is 10.6. The van der Waals surface area contributed by atoms with Crippen molar-refractivity contribution in [3.8, 4) is 11.5 Å². The van der Waals surface area contributed by atoms with Gasteiger partial charge in [0, 0.05) is 5.69 Å². The Labute approximate surface area is 135 Å². The lowest BCUT2D eigenvalue weighted by molar-refractivity contribution is -0.126. The van der Waals surface area contributed by atoms with E-state index in [1.54, 1.807) is 12.0 Å². The molecule has 2 aromatic carbocycles. The summed E-state index contributed by atoms with van der Waals surface area (Å²) in [6.07, 6.45) is 0. The molecular formula is C18H20N2O3. The van der Waals surface area contributed by atoms with Crippen molar-refractivity contribution >= 4 is 11.6 Å². The molecule has 1 heterocycles. The van der Waals surface area contributed by atoms with E-state index in [1.807, 2.05) is 55.5 Å². The van der Waals surface area contributed by atoms with Gasteiger partial charge in [-0.1, -0.05) is 12.1 Å². The molecule has 1 aliphatic heterocycles. The monoisotopic (exact) mass is 312 g/mol. The van der Waals surface area contributed by atoms with Crippen molar-refractivity contribution in [2.45, 2.75) is 19.0 Å². The third-order valence-corrected chi connectivity index (χ3v) is 4.02. The van der Waals surface area contributed by atoms with Gasteiger partial charge in [-0.2, -0.15) is 0 Å². The number of nitrogens with zero attached hydrogens (tertiary/aromatic N) is 1. The number of anilines is 1. The Hall–Kier alpha value is -2.53. The fraction of sp³-hybridized carbons (Fsp3) is 0.278. The summed E-state index contributed by atoms with van der Waals surface area (Å²) >= 11 is 0. The molecule has 23 heavy (non-hydrogen) atoms. The first-order valence-corrected chi connectivity index (χ1v) is 7.61. The molecule has 0 unspecified atom stereocenters. The Bertz CT molecular complexity index is 682. The number of amides is 1. The molecule has 0 bridgehead atoms. The van der Waals surface area contributed by atoms with Gasteiger partial charge in [-0.05, 0) is 48.9 Å². The molecule has 1 amide bonds. The second-order valence-electron chi connectivity index (χ2n) is 5.38. The second kappa shape index (κ2) is 6.30. The zero-order valence-electron chi connectivity index (χ0n) is 13.2. The van der Waals surface area contributed by atoms with Crippen LogP contribution in [-0.4, -0.2) is 25.7 Å². The van der Waals surface area contributed by atoms with Crippen molar-refractivity contribution < 1.29 is 14.3 Å². The summed E-state index contributed by atoms with van der Waals surface area (Å²) in [7, 11) is 1.62. The molecule has 5 nitrogen and oxygen atoms in total. The zero-order valence-corrected chi connectivity index (χ0v) is 13.2. The summed E-state index contributed by atoms with van der Waals surface area (Å²) in [5.74, 6) is 1.49. The molecule has 2 aromatic rings. The molecule has 5 heteroatoms. The fourth-order valence-electron chi connectivity index (χ4n) is 2.83. The van der Waals surface area contributed by atoms with Crippen LogP contribution in [0.25, 0.3) is 0 Å². The highest BCUT2D eigenvalue weighted by molar-refractivity contribution is 6.05. The van der Waals surface area contributed by atoms with Gasteiger partial charge >= 0.3 is 0 Å². The van der Waals surface area contributed by atoms with Crippen LogP contribution in [0.3, 0.4) is 0 Å². The van der Waals surface area contributed by atoms with Gasteiger partial charge in [0.1, 0.15) is 17.5 Å². The lowest BCUT2D eigenvalue weighted by Crippen LogP contribution is -2.63. The molecule has 0 saturated carbocycles. The summed E-state index contributed by atoms with van der Waals surface area (Å²) in [6.45, 7) is 2.55. The van der Waals surface area contributed by atoms with Crippen LogP contribution in [0.1, 0.15) is 18.5 Å².